The van der Waals surface area contributed by atoms with Crippen LogP contribution in [-0.2, 0) is 13.1 Å². The zero-order chi connectivity index (χ0) is 14.0. The monoisotopic (exact) mass is 265 g/mol. The van der Waals surface area contributed by atoms with Crippen LogP contribution in [0.25, 0.3) is 0 Å². The third-order valence-corrected chi connectivity index (χ3v) is 2.64. The molecule has 0 aliphatic heterocycles. The molecule has 100 valence electrons. The molecule has 0 spiro atoms. The van der Waals surface area contributed by atoms with Crippen molar-refractivity contribution in [2.75, 3.05) is 0 Å². The van der Waals surface area contributed by atoms with Gasteiger partial charge in [0.15, 0.2) is 0 Å². The van der Waals surface area contributed by atoms with Crippen molar-refractivity contribution in [3.63, 3.8) is 0 Å². The maximum atomic E-state index is 10.8. The number of imidazole rings is 1. The number of carboxylic acids is 1. The summed E-state index contributed by atoms with van der Waals surface area (Å²) >= 11 is 0. The maximum Gasteiger partial charge on any atom is 0.363 e. The standard InChI is InChI=1S/C10H11N5O4/c1-7-11-2-3-13(7)4-5-14-6-8(15(18)19)9(12-14)10(16)17/h2-3,6H,4-5H2,1H3,(H,16,17). The lowest BCUT2D eigenvalue weighted by atomic mass is 10.4. The lowest BCUT2D eigenvalue weighted by molar-refractivity contribution is -0.385. The smallest absolute Gasteiger partial charge is 0.363 e. The highest BCUT2D eigenvalue weighted by Gasteiger charge is 2.24. The second-order valence-corrected chi connectivity index (χ2v) is 3.86. The normalized spacial score (nSPS) is 10.6. The van der Waals surface area contributed by atoms with Crippen molar-refractivity contribution < 1.29 is 14.8 Å². The number of nitro groups is 1. The first-order valence-corrected chi connectivity index (χ1v) is 5.42. The van der Waals surface area contributed by atoms with Crippen molar-refractivity contribution in [3.05, 3.63) is 40.2 Å². The minimum absolute atomic E-state index is 0.325. The molecule has 2 aromatic heterocycles. The summed E-state index contributed by atoms with van der Waals surface area (Å²) in [6.07, 6.45) is 4.53. The summed E-state index contributed by atoms with van der Waals surface area (Å²) in [5, 5.41) is 23.2. The van der Waals surface area contributed by atoms with Gasteiger partial charge in [0.2, 0.25) is 5.69 Å². The van der Waals surface area contributed by atoms with Crippen molar-refractivity contribution in [2.45, 2.75) is 20.0 Å². The number of carbonyl (C=O) groups is 1. The molecule has 1 N–H and O–H groups in total. The van der Waals surface area contributed by atoms with Gasteiger partial charge in [0.05, 0.1) is 11.5 Å². The number of nitrogens with zero attached hydrogens (tertiary/aromatic N) is 5. The van der Waals surface area contributed by atoms with E-state index in [1.807, 2.05) is 11.5 Å². The largest absolute Gasteiger partial charge is 0.476 e. The summed E-state index contributed by atoms with van der Waals surface area (Å²) in [5.41, 5.74) is -1.05. The Hall–Kier alpha value is -2.71. The minimum atomic E-state index is -1.41. The van der Waals surface area contributed by atoms with Crippen molar-refractivity contribution in [2.24, 2.45) is 0 Å². The lowest BCUT2D eigenvalue weighted by Gasteiger charge is -2.04. The first-order chi connectivity index (χ1) is 8.99. The van der Waals surface area contributed by atoms with Gasteiger partial charge in [-0.1, -0.05) is 0 Å². The van der Waals surface area contributed by atoms with Crippen molar-refractivity contribution in [1.29, 1.82) is 0 Å². The Morgan fingerprint density at radius 3 is 2.74 bits per heavy atom. The number of hydrogen-bond acceptors (Lipinski definition) is 5. The van der Waals surface area contributed by atoms with Crippen molar-refractivity contribution in [3.8, 4) is 0 Å². The first kappa shape index (κ1) is 12.7. The molecule has 0 radical (unpaired) electrons. The molecule has 0 aliphatic carbocycles. The molecule has 0 aromatic carbocycles. The number of rotatable bonds is 5. The van der Waals surface area contributed by atoms with Gasteiger partial charge in [-0.15, -0.1) is 0 Å². The Kier molecular flexibility index (Phi) is 3.27. The van der Waals surface area contributed by atoms with Gasteiger partial charge in [0.25, 0.3) is 0 Å². The second-order valence-electron chi connectivity index (χ2n) is 3.86. The van der Waals surface area contributed by atoms with Crippen molar-refractivity contribution in [1.82, 2.24) is 19.3 Å². The summed E-state index contributed by atoms with van der Waals surface area (Å²) in [6.45, 7) is 2.66. The summed E-state index contributed by atoms with van der Waals surface area (Å²) in [6, 6.07) is 0. The molecule has 2 rings (SSSR count). The summed E-state index contributed by atoms with van der Waals surface area (Å²) in [4.78, 5) is 24.8. The maximum absolute atomic E-state index is 10.8. The van der Waals surface area contributed by atoms with Gasteiger partial charge in [-0.3, -0.25) is 14.8 Å². The van der Waals surface area contributed by atoms with E-state index in [1.165, 1.54) is 4.68 Å². The van der Waals surface area contributed by atoms with E-state index in [-0.39, 0.29) is 0 Å². The van der Waals surface area contributed by atoms with E-state index in [4.69, 9.17) is 5.11 Å². The van der Waals surface area contributed by atoms with Crippen LogP contribution >= 0.6 is 0 Å². The fraction of sp³-hybridized carbons (Fsp3) is 0.300. The molecular weight excluding hydrogens is 254 g/mol. The molecule has 19 heavy (non-hydrogen) atoms. The van der Waals surface area contributed by atoms with Gasteiger partial charge in [-0.05, 0) is 6.92 Å². The van der Waals surface area contributed by atoms with E-state index < -0.39 is 22.3 Å². The summed E-state index contributed by atoms with van der Waals surface area (Å²) < 4.78 is 3.09. The fourth-order valence-electron chi connectivity index (χ4n) is 1.66. The third kappa shape index (κ3) is 2.59. The molecule has 0 amide bonds. The van der Waals surface area contributed by atoms with Crippen LogP contribution in [0.3, 0.4) is 0 Å². The molecule has 0 aliphatic rings. The van der Waals surface area contributed by atoms with Gasteiger partial charge in [0.1, 0.15) is 12.0 Å². The molecule has 9 nitrogen and oxygen atoms in total. The van der Waals surface area contributed by atoms with E-state index in [0.717, 1.165) is 12.0 Å². The number of aromatic nitrogens is 4. The van der Waals surface area contributed by atoms with E-state index in [9.17, 15) is 14.9 Å². The molecule has 0 atom stereocenters. The Morgan fingerprint density at radius 1 is 1.53 bits per heavy atom. The number of carboxylic acid groups (broad SMARTS) is 1. The highest BCUT2D eigenvalue weighted by molar-refractivity contribution is 5.89. The van der Waals surface area contributed by atoms with E-state index in [2.05, 4.69) is 10.1 Å². The molecule has 0 unspecified atom stereocenters. The van der Waals surface area contributed by atoms with Crippen LogP contribution in [0.2, 0.25) is 0 Å². The third-order valence-electron chi connectivity index (χ3n) is 2.64. The molecule has 0 saturated carbocycles. The van der Waals surface area contributed by atoms with Crippen LogP contribution in [0.15, 0.2) is 18.6 Å². The van der Waals surface area contributed by atoms with Crippen LogP contribution < -0.4 is 0 Å². The Balaban J connectivity index is 2.18. The Bertz CT molecular complexity index is 598. The Morgan fingerprint density at radius 2 is 2.26 bits per heavy atom. The lowest BCUT2D eigenvalue weighted by Crippen LogP contribution is -2.09. The molecule has 0 saturated heterocycles. The summed E-state index contributed by atoms with van der Waals surface area (Å²) in [5.74, 6) is -0.607. The predicted octanol–water partition coefficient (Wildman–Crippen LogP) is 0.695. The SMILES string of the molecule is Cc1nccn1CCn1cc([N+](=O)[O-])c(C(=O)O)n1. The highest BCUT2D eigenvalue weighted by Crippen LogP contribution is 2.16. The van der Waals surface area contributed by atoms with E-state index in [1.54, 1.807) is 12.4 Å². The first-order valence-electron chi connectivity index (χ1n) is 5.42. The molecule has 0 fully saturated rings. The van der Waals surface area contributed by atoms with Gasteiger partial charge >= 0.3 is 11.7 Å². The number of aryl methyl sites for hydroxylation is 3. The average Bonchev–Trinajstić information content (AvgIpc) is 2.92. The molecule has 2 heterocycles. The molecule has 2 aromatic rings. The van der Waals surface area contributed by atoms with Crippen LogP contribution in [-0.4, -0.2) is 35.3 Å². The highest BCUT2D eigenvalue weighted by atomic mass is 16.6. The van der Waals surface area contributed by atoms with Gasteiger partial charge in [-0.2, -0.15) is 5.10 Å². The molecule has 9 heteroatoms. The average molecular weight is 265 g/mol. The predicted molar refractivity (Wildman–Crippen MR) is 62.8 cm³/mol. The van der Waals surface area contributed by atoms with Crippen LogP contribution in [0.5, 0.6) is 0 Å². The van der Waals surface area contributed by atoms with Gasteiger partial charge in [0, 0.05) is 18.9 Å². The van der Waals surface area contributed by atoms with Crippen LogP contribution in [0.1, 0.15) is 16.3 Å². The zero-order valence-electron chi connectivity index (χ0n) is 10.1. The van der Waals surface area contributed by atoms with E-state index >= 15 is 0 Å². The quantitative estimate of drug-likeness (QED) is 0.628. The number of hydrogen-bond donors (Lipinski definition) is 1. The van der Waals surface area contributed by atoms with Crippen LogP contribution in [0.4, 0.5) is 5.69 Å². The van der Waals surface area contributed by atoms with Crippen molar-refractivity contribution >= 4 is 11.7 Å². The van der Waals surface area contributed by atoms with Gasteiger partial charge < -0.3 is 9.67 Å². The fourth-order valence-corrected chi connectivity index (χ4v) is 1.66. The summed E-state index contributed by atoms with van der Waals surface area (Å²) in [7, 11) is 0. The van der Waals surface area contributed by atoms with Crippen LogP contribution in [0, 0.1) is 17.0 Å². The zero-order valence-corrected chi connectivity index (χ0v) is 10.1. The second kappa shape index (κ2) is 4.88. The Labute approximate surface area is 107 Å². The van der Waals surface area contributed by atoms with Gasteiger partial charge in [-0.25, -0.2) is 9.78 Å². The van der Waals surface area contributed by atoms with E-state index in [0.29, 0.717) is 13.1 Å². The topological polar surface area (TPSA) is 116 Å². The molecular formula is C10H11N5O4. The number of aromatic carboxylic acids is 1. The minimum Gasteiger partial charge on any atom is -0.476 e. The molecule has 0 bridgehead atoms.